The molecular weight excluding hydrogens is 265 g/mol. The molecule has 0 aliphatic carbocycles. The summed E-state index contributed by atoms with van der Waals surface area (Å²) in [6, 6.07) is 1.52. The second kappa shape index (κ2) is 3.77. The van der Waals surface area contributed by atoms with E-state index < -0.39 is 0 Å². The largest absolute Gasteiger partial charge is 0.507 e. The van der Waals surface area contributed by atoms with Crippen molar-refractivity contribution < 1.29 is 5.11 Å². The van der Waals surface area contributed by atoms with Crippen molar-refractivity contribution >= 4 is 44.6 Å². The van der Waals surface area contributed by atoms with E-state index in [4.69, 9.17) is 23.2 Å². The SMILES string of the molecule is Oc1cc(Cl)c(Cl)c2sc3c(c12)CNCC3. The number of phenolic OH excluding ortho intramolecular Hbond substituents is 1. The molecule has 0 amide bonds. The lowest BCUT2D eigenvalue weighted by atomic mass is 10.1. The second-order valence-corrected chi connectivity index (χ2v) is 5.72. The Balaban J connectivity index is 2.42. The van der Waals surface area contributed by atoms with Gasteiger partial charge in [-0.15, -0.1) is 11.3 Å². The van der Waals surface area contributed by atoms with E-state index in [9.17, 15) is 5.11 Å². The van der Waals surface area contributed by atoms with Gasteiger partial charge in [0.15, 0.2) is 0 Å². The molecule has 0 saturated heterocycles. The Bertz CT molecular complexity index is 579. The fourth-order valence-electron chi connectivity index (χ4n) is 2.11. The standard InChI is InChI=1S/C11H9Cl2NOS/c12-6-3-7(15)9-5-4-14-2-1-8(5)16-11(9)10(6)13/h3,14-15H,1-2,4H2. The molecule has 2 nitrogen and oxygen atoms in total. The van der Waals surface area contributed by atoms with Crippen LogP contribution < -0.4 is 5.32 Å². The van der Waals surface area contributed by atoms with Crippen LogP contribution in [0.1, 0.15) is 10.4 Å². The normalized spacial score (nSPS) is 15.4. The van der Waals surface area contributed by atoms with Crippen molar-refractivity contribution in [1.82, 2.24) is 5.32 Å². The number of halogens is 2. The van der Waals surface area contributed by atoms with Crippen molar-refractivity contribution in [1.29, 1.82) is 0 Å². The summed E-state index contributed by atoms with van der Waals surface area (Å²) in [4.78, 5) is 1.30. The van der Waals surface area contributed by atoms with Gasteiger partial charge in [0.1, 0.15) is 5.75 Å². The highest BCUT2D eigenvalue weighted by Gasteiger charge is 2.21. The number of nitrogens with one attached hydrogen (secondary N) is 1. The molecule has 2 N–H and O–H groups in total. The maximum atomic E-state index is 9.96. The van der Waals surface area contributed by atoms with E-state index in [1.807, 2.05) is 0 Å². The Hall–Kier alpha value is -0.480. The maximum Gasteiger partial charge on any atom is 0.126 e. The second-order valence-electron chi connectivity index (χ2n) is 3.83. The summed E-state index contributed by atoms with van der Waals surface area (Å²) in [5.74, 6) is 0.227. The molecule has 2 aromatic rings. The highest BCUT2D eigenvalue weighted by molar-refractivity contribution is 7.20. The molecular formula is C11H9Cl2NOS. The molecule has 0 spiro atoms. The van der Waals surface area contributed by atoms with Crippen molar-refractivity contribution in [2.45, 2.75) is 13.0 Å². The van der Waals surface area contributed by atoms with Crippen LogP contribution in [0.2, 0.25) is 10.0 Å². The molecule has 2 heterocycles. The molecule has 0 unspecified atom stereocenters. The molecule has 16 heavy (non-hydrogen) atoms. The monoisotopic (exact) mass is 273 g/mol. The molecule has 0 atom stereocenters. The molecule has 1 aromatic heterocycles. The Labute approximate surface area is 107 Å². The Kier molecular flexibility index (Phi) is 2.51. The van der Waals surface area contributed by atoms with E-state index in [0.29, 0.717) is 10.0 Å². The van der Waals surface area contributed by atoms with E-state index in [1.54, 1.807) is 11.3 Å². The lowest BCUT2D eigenvalue weighted by Crippen LogP contribution is -2.22. The number of phenols is 1. The molecule has 1 aliphatic rings. The zero-order chi connectivity index (χ0) is 11.3. The van der Waals surface area contributed by atoms with Gasteiger partial charge in [0.25, 0.3) is 0 Å². The van der Waals surface area contributed by atoms with Gasteiger partial charge in [-0.05, 0) is 12.0 Å². The molecule has 1 aromatic carbocycles. The first-order chi connectivity index (χ1) is 7.68. The fourth-order valence-corrected chi connectivity index (χ4v) is 3.90. The van der Waals surface area contributed by atoms with Crippen LogP contribution in [0.5, 0.6) is 5.75 Å². The van der Waals surface area contributed by atoms with Crippen molar-refractivity contribution in [3.63, 3.8) is 0 Å². The molecule has 0 radical (unpaired) electrons. The van der Waals surface area contributed by atoms with Gasteiger partial charge in [0.05, 0.1) is 14.7 Å². The number of hydrogen-bond acceptors (Lipinski definition) is 3. The summed E-state index contributed by atoms with van der Waals surface area (Å²) in [7, 11) is 0. The zero-order valence-corrected chi connectivity index (χ0v) is 10.6. The number of fused-ring (bicyclic) bond motifs is 3. The number of rotatable bonds is 0. The molecule has 3 rings (SSSR count). The third-order valence-corrected chi connectivity index (χ3v) is 5.06. The van der Waals surface area contributed by atoms with Crippen LogP contribution >= 0.6 is 34.5 Å². The average Bonchev–Trinajstić information content (AvgIpc) is 2.65. The van der Waals surface area contributed by atoms with Gasteiger partial charge in [-0.2, -0.15) is 0 Å². The van der Waals surface area contributed by atoms with E-state index in [0.717, 1.165) is 29.6 Å². The van der Waals surface area contributed by atoms with Crippen LogP contribution in [0.25, 0.3) is 10.1 Å². The first-order valence-electron chi connectivity index (χ1n) is 5.00. The van der Waals surface area contributed by atoms with Crippen LogP contribution in [-0.4, -0.2) is 11.7 Å². The van der Waals surface area contributed by atoms with Crippen LogP contribution in [-0.2, 0) is 13.0 Å². The predicted molar refractivity (Wildman–Crippen MR) is 68.9 cm³/mol. The quantitative estimate of drug-likeness (QED) is 0.769. The van der Waals surface area contributed by atoms with E-state index >= 15 is 0 Å². The molecule has 5 heteroatoms. The summed E-state index contributed by atoms with van der Waals surface area (Å²) in [6.07, 6.45) is 0.988. The number of thiophene rings is 1. The summed E-state index contributed by atoms with van der Waals surface area (Å²) < 4.78 is 0.903. The van der Waals surface area contributed by atoms with Crippen molar-refractivity contribution in [2.24, 2.45) is 0 Å². The minimum atomic E-state index is 0.227. The molecule has 0 fully saturated rings. The third-order valence-electron chi connectivity index (χ3n) is 2.85. The van der Waals surface area contributed by atoms with Gasteiger partial charge in [0, 0.05) is 29.4 Å². The smallest absolute Gasteiger partial charge is 0.126 e. The van der Waals surface area contributed by atoms with Crippen LogP contribution in [0.4, 0.5) is 0 Å². The first kappa shape index (κ1) is 10.7. The number of benzene rings is 1. The zero-order valence-electron chi connectivity index (χ0n) is 8.31. The molecule has 0 saturated carbocycles. The fraction of sp³-hybridized carbons (Fsp3) is 0.273. The van der Waals surface area contributed by atoms with Crippen molar-refractivity contribution in [3.05, 3.63) is 26.6 Å². The Morgan fingerprint density at radius 3 is 3.00 bits per heavy atom. The minimum absolute atomic E-state index is 0.227. The van der Waals surface area contributed by atoms with Gasteiger partial charge in [-0.25, -0.2) is 0 Å². The lowest BCUT2D eigenvalue weighted by molar-refractivity contribution is 0.481. The topological polar surface area (TPSA) is 32.3 Å². The Morgan fingerprint density at radius 1 is 1.38 bits per heavy atom. The number of aromatic hydroxyl groups is 1. The van der Waals surface area contributed by atoms with E-state index in [2.05, 4.69) is 5.32 Å². The van der Waals surface area contributed by atoms with Gasteiger partial charge in [-0.3, -0.25) is 0 Å². The maximum absolute atomic E-state index is 9.96. The molecule has 1 aliphatic heterocycles. The lowest BCUT2D eigenvalue weighted by Gasteiger charge is -2.12. The van der Waals surface area contributed by atoms with Gasteiger partial charge in [0.2, 0.25) is 0 Å². The highest BCUT2D eigenvalue weighted by Crippen LogP contribution is 2.45. The van der Waals surface area contributed by atoms with Gasteiger partial charge < -0.3 is 10.4 Å². The first-order valence-corrected chi connectivity index (χ1v) is 6.57. The third kappa shape index (κ3) is 1.43. The summed E-state index contributed by atoms with van der Waals surface area (Å²) in [5.41, 5.74) is 1.17. The van der Waals surface area contributed by atoms with Gasteiger partial charge in [-0.1, -0.05) is 23.2 Å². The summed E-state index contributed by atoms with van der Waals surface area (Å²) in [5, 5.41) is 15.1. The predicted octanol–water partition coefficient (Wildman–Crippen LogP) is 3.56. The highest BCUT2D eigenvalue weighted by atomic mass is 35.5. The van der Waals surface area contributed by atoms with E-state index in [1.165, 1.54) is 16.5 Å². The summed E-state index contributed by atoms with van der Waals surface area (Å²) in [6.45, 7) is 1.77. The van der Waals surface area contributed by atoms with Gasteiger partial charge >= 0.3 is 0 Å². The van der Waals surface area contributed by atoms with E-state index in [-0.39, 0.29) is 5.75 Å². The summed E-state index contributed by atoms with van der Waals surface area (Å²) >= 11 is 13.8. The Morgan fingerprint density at radius 2 is 2.19 bits per heavy atom. The van der Waals surface area contributed by atoms with Crippen molar-refractivity contribution in [3.8, 4) is 5.75 Å². The molecule has 84 valence electrons. The molecule has 0 bridgehead atoms. The van der Waals surface area contributed by atoms with Crippen LogP contribution in [0, 0.1) is 0 Å². The average molecular weight is 274 g/mol. The number of hydrogen-bond donors (Lipinski definition) is 2. The van der Waals surface area contributed by atoms with Crippen LogP contribution in [0.3, 0.4) is 0 Å². The van der Waals surface area contributed by atoms with Crippen molar-refractivity contribution in [2.75, 3.05) is 6.54 Å². The van der Waals surface area contributed by atoms with Crippen LogP contribution in [0.15, 0.2) is 6.07 Å². The minimum Gasteiger partial charge on any atom is -0.507 e.